The monoisotopic (exact) mass is 255 g/mol. The van der Waals surface area contributed by atoms with Crippen molar-refractivity contribution in [1.29, 1.82) is 0 Å². The number of hydrogen-bond acceptors (Lipinski definition) is 2. The van der Waals surface area contributed by atoms with Gasteiger partial charge in [0.05, 0.1) is 0 Å². The van der Waals surface area contributed by atoms with Gasteiger partial charge in [-0.2, -0.15) is 0 Å². The van der Waals surface area contributed by atoms with Crippen LogP contribution >= 0.6 is 0 Å². The van der Waals surface area contributed by atoms with E-state index in [1.807, 2.05) is 19.9 Å². The molecule has 0 radical (unpaired) electrons. The van der Waals surface area contributed by atoms with Crippen molar-refractivity contribution >= 4 is 5.69 Å². The molecule has 0 heterocycles. The van der Waals surface area contributed by atoms with Gasteiger partial charge >= 0.3 is 0 Å². The van der Waals surface area contributed by atoms with E-state index in [1.165, 1.54) is 16.7 Å². The molecule has 19 heavy (non-hydrogen) atoms. The summed E-state index contributed by atoms with van der Waals surface area (Å²) in [6.45, 7) is 8.97. The highest BCUT2D eigenvalue weighted by atomic mass is 16.3. The van der Waals surface area contributed by atoms with E-state index in [-0.39, 0.29) is 0 Å². The molecule has 0 spiro atoms. The van der Waals surface area contributed by atoms with E-state index in [9.17, 15) is 5.11 Å². The average molecular weight is 255 g/mol. The number of aryl methyl sites for hydroxylation is 4. The van der Waals surface area contributed by atoms with Crippen LogP contribution in [0.25, 0.3) is 0 Å². The standard InChI is InChI=1S/C17H21NO/c1-11-5-6-15(7-12(11)2)10-18-16-8-14(4)17(19)9-13(16)3/h5-9,18-19H,10H2,1-4H3. The summed E-state index contributed by atoms with van der Waals surface area (Å²) in [5, 5.41) is 13.1. The van der Waals surface area contributed by atoms with E-state index in [2.05, 4.69) is 37.4 Å². The highest BCUT2D eigenvalue weighted by Crippen LogP contribution is 2.25. The van der Waals surface area contributed by atoms with Gasteiger partial charge in [0, 0.05) is 12.2 Å². The number of nitrogens with one attached hydrogen (secondary N) is 1. The van der Waals surface area contributed by atoms with E-state index >= 15 is 0 Å². The van der Waals surface area contributed by atoms with Crippen LogP contribution in [0.2, 0.25) is 0 Å². The molecule has 2 aromatic rings. The van der Waals surface area contributed by atoms with Gasteiger partial charge in [-0.25, -0.2) is 0 Å². The van der Waals surface area contributed by atoms with Crippen molar-refractivity contribution in [3.63, 3.8) is 0 Å². The van der Waals surface area contributed by atoms with Gasteiger partial charge in [0.25, 0.3) is 0 Å². The van der Waals surface area contributed by atoms with Gasteiger partial charge in [0.15, 0.2) is 0 Å². The van der Waals surface area contributed by atoms with Crippen LogP contribution < -0.4 is 5.32 Å². The molecule has 0 bridgehead atoms. The third kappa shape index (κ3) is 3.08. The highest BCUT2D eigenvalue weighted by molar-refractivity contribution is 5.56. The predicted octanol–water partition coefficient (Wildman–Crippen LogP) is 4.24. The minimum absolute atomic E-state index is 0.356. The zero-order chi connectivity index (χ0) is 14.0. The summed E-state index contributed by atoms with van der Waals surface area (Å²) in [7, 11) is 0. The average Bonchev–Trinajstić information content (AvgIpc) is 2.36. The summed E-state index contributed by atoms with van der Waals surface area (Å²) in [5.41, 5.74) is 6.94. The normalized spacial score (nSPS) is 10.5. The van der Waals surface area contributed by atoms with Gasteiger partial charge in [0.2, 0.25) is 0 Å². The molecule has 0 saturated heterocycles. The molecule has 0 aliphatic rings. The lowest BCUT2D eigenvalue weighted by molar-refractivity contribution is 0.471. The number of hydrogen-bond donors (Lipinski definition) is 2. The molecule has 0 saturated carbocycles. The van der Waals surface area contributed by atoms with Crippen LogP contribution in [0, 0.1) is 27.7 Å². The summed E-state index contributed by atoms with van der Waals surface area (Å²) in [6.07, 6.45) is 0. The van der Waals surface area contributed by atoms with Crippen LogP contribution in [0.3, 0.4) is 0 Å². The SMILES string of the molecule is Cc1ccc(CNc2cc(C)c(O)cc2C)cc1C. The Kier molecular flexibility index (Phi) is 3.79. The number of anilines is 1. The van der Waals surface area contributed by atoms with E-state index < -0.39 is 0 Å². The van der Waals surface area contributed by atoms with E-state index in [4.69, 9.17) is 0 Å². The van der Waals surface area contributed by atoms with Crippen molar-refractivity contribution < 1.29 is 5.11 Å². The number of benzene rings is 2. The quantitative estimate of drug-likeness (QED) is 0.804. The number of rotatable bonds is 3. The fraction of sp³-hybridized carbons (Fsp3) is 0.294. The Morgan fingerprint density at radius 1 is 0.842 bits per heavy atom. The molecule has 0 unspecified atom stereocenters. The lowest BCUT2D eigenvalue weighted by Gasteiger charge is -2.12. The third-order valence-electron chi connectivity index (χ3n) is 3.60. The second-order valence-corrected chi connectivity index (χ2v) is 5.23. The smallest absolute Gasteiger partial charge is 0.118 e. The first kappa shape index (κ1) is 13.5. The molecule has 0 aliphatic heterocycles. The molecule has 2 rings (SSSR count). The lowest BCUT2D eigenvalue weighted by atomic mass is 10.1. The number of phenolic OH excluding ortho intramolecular Hbond substituents is 1. The van der Waals surface area contributed by atoms with E-state index in [0.29, 0.717) is 5.75 Å². The van der Waals surface area contributed by atoms with Crippen LogP contribution in [-0.2, 0) is 6.54 Å². The zero-order valence-electron chi connectivity index (χ0n) is 12.0. The van der Waals surface area contributed by atoms with Gasteiger partial charge in [-0.1, -0.05) is 18.2 Å². The lowest BCUT2D eigenvalue weighted by Crippen LogP contribution is -2.02. The largest absolute Gasteiger partial charge is 0.508 e. The summed E-state index contributed by atoms with van der Waals surface area (Å²) in [4.78, 5) is 0. The van der Waals surface area contributed by atoms with Crippen LogP contribution in [0.1, 0.15) is 27.8 Å². The Morgan fingerprint density at radius 3 is 2.26 bits per heavy atom. The van der Waals surface area contributed by atoms with Crippen molar-refractivity contribution in [3.05, 3.63) is 58.1 Å². The van der Waals surface area contributed by atoms with Crippen LogP contribution in [-0.4, -0.2) is 5.11 Å². The Hall–Kier alpha value is -1.96. The first-order chi connectivity index (χ1) is 8.97. The second kappa shape index (κ2) is 5.35. The van der Waals surface area contributed by atoms with Crippen molar-refractivity contribution in [3.8, 4) is 5.75 Å². The van der Waals surface area contributed by atoms with Gasteiger partial charge < -0.3 is 10.4 Å². The minimum atomic E-state index is 0.356. The first-order valence-electron chi connectivity index (χ1n) is 6.57. The molecule has 0 fully saturated rings. The first-order valence-corrected chi connectivity index (χ1v) is 6.57. The van der Waals surface area contributed by atoms with E-state index in [1.54, 1.807) is 6.07 Å². The molecule has 2 heteroatoms. The molecule has 0 atom stereocenters. The number of aromatic hydroxyl groups is 1. The van der Waals surface area contributed by atoms with Gasteiger partial charge in [-0.15, -0.1) is 0 Å². The molecule has 0 aliphatic carbocycles. The Morgan fingerprint density at radius 2 is 1.58 bits per heavy atom. The second-order valence-electron chi connectivity index (χ2n) is 5.23. The van der Waals surface area contributed by atoms with Crippen LogP contribution in [0.4, 0.5) is 5.69 Å². The third-order valence-corrected chi connectivity index (χ3v) is 3.60. The molecule has 0 aromatic heterocycles. The Balaban J connectivity index is 2.14. The maximum Gasteiger partial charge on any atom is 0.118 e. The van der Waals surface area contributed by atoms with Crippen LogP contribution in [0.5, 0.6) is 5.75 Å². The summed E-state index contributed by atoms with van der Waals surface area (Å²) in [6, 6.07) is 10.3. The summed E-state index contributed by atoms with van der Waals surface area (Å²) >= 11 is 0. The Bertz CT molecular complexity index is 602. The molecule has 2 nitrogen and oxygen atoms in total. The van der Waals surface area contributed by atoms with Crippen LogP contribution in [0.15, 0.2) is 30.3 Å². The molecule has 0 amide bonds. The molecule has 2 N–H and O–H groups in total. The molecule has 100 valence electrons. The van der Waals surface area contributed by atoms with Gasteiger partial charge in [-0.3, -0.25) is 0 Å². The molecular formula is C17H21NO. The minimum Gasteiger partial charge on any atom is -0.508 e. The summed E-state index contributed by atoms with van der Waals surface area (Å²) in [5.74, 6) is 0.356. The van der Waals surface area contributed by atoms with Gasteiger partial charge in [0.1, 0.15) is 5.75 Å². The van der Waals surface area contributed by atoms with Crippen molar-refractivity contribution in [2.75, 3.05) is 5.32 Å². The van der Waals surface area contributed by atoms with E-state index in [0.717, 1.165) is 23.4 Å². The van der Waals surface area contributed by atoms with Crippen molar-refractivity contribution in [2.24, 2.45) is 0 Å². The maximum atomic E-state index is 9.65. The topological polar surface area (TPSA) is 32.3 Å². The maximum absolute atomic E-state index is 9.65. The number of phenols is 1. The fourth-order valence-electron chi connectivity index (χ4n) is 2.10. The predicted molar refractivity (Wildman–Crippen MR) is 80.8 cm³/mol. The highest BCUT2D eigenvalue weighted by Gasteiger charge is 2.03. The molecule has 2 aromatic carbocycles. The zero-order valence-corrected chi connectivity index (χ0v) is 12.0. The Labute approximate surface area is 115 Å². The molecular weight excluding hydrogens is 234 g/mol. The van der Waals surface area contributed by atoms with Crippen molar-refractivity contribution in [1.82, 2.24) is 0 Å². The van der Waals surface area contributed by atoms with Crippen molar-refractivity contribution in [2.45, 2.75) is 34.2 Å². The van der Waals surface area contributed by atoms with Gasteiger partial charge in [-0.05, 0) is 67.6 Å². The fourth-order valence-corrected chi connectivity index (χ4v) is 2.10. The summed E-state index contributed by atoms with van der Waals surface area (Å²) < 4.78 is 0.